The van der Waals surface area contributed by atoms with Crippen LogP contribution >= 0.6 is 0 Å². The Kier molecular flexibility index (Phi) is 3.83. The van der Waals surface area contributed by atoms with E-state index in [1.165, 1.54) is 12.1 Å². The molecule has 0 atom stereocenters. The van der Waals surface area contributed by atoms with Gasteiger partial charge in [-0.05, 0) is 17.5 Å². The van der Waals surface area contributed by atoms with E-state index in [2.05, 4.69) is 5.32 Å². The number of non-ortho nitro benzene ring substituents is 1. The summed E-state index contributed by atoms with van der Waals surface area (Å²) in [5.74, 6) is -1.90. The fourth-order valence-electron chi connectivity index (χ4n) is 2.44. The molecule has 0 aliphatic heterocycles. The maximum Gasteiger partial charge on any atom is 0.338 e. The number of carboxylic acids is 1. The molecule has 120 valence electrons. The van der Waals surface area contributed by atoms with Crippen molar-refractivity contribution >= 4 is 33.8 Å². The zero-order valence-electron chi connectivity index (χ0n) is 12.2. The predicted molar refractivity (Wildman–Crippen MR) is 87.2 cm³/mol. The Morgan fingerprint density at radius 3 is 2.58 bits per heavy atom. The van der Waals surface area contributed by atoms with Gasteiger partial charge in [0.15, 0.2) is 0 Å². The minimum Gasteiger partial charge on any atom is -0.478 e. The average molecular weight is 326 g/mol. The first kappa shape index (κ1) is 15.4. The summed E-state index contributed by atoms with van der Waals surface area (Å²) < 4.78 is 14.2. The van der Waals surface area contributed by atoms with Crippen molar-refractivity contribution in [2.75, 3.05) is 5.32 Å². The molecular formula is C17H11FN2O4. The Balaban J connectivity index is 2.14. The predicted octanol–water partition coefficient (Wildman–Crippen LogP) is 4.33. The van der Waals surface area contributed by atoms with Gasteiger partial charge in [-0.1, -0.05) is 30.3 Å². The van der Waals surface area contributed by atoms with E-state index in [0.29, 0.717) is 5.39 Å². The Bertz CT molecular complexity index is 972. The Morgan fingerprint density at radius 2 is 1.88 bits per heavy atom. The first-order chi connectivity index (χ1) is 11.5. The molecule has 0 aliphatic rings. The molecule has 3 aromatic carbocycles. The second kappa shape index (κ2) is 5.96. The number of carboxylic acid groups (broad SMARTS) is 1. The number of benzene rings is 3. The van der Waals surface area contributed by atoms with Crippen molar-refractivity contribution in [3.05, 3.63) is 76.1 Å². The number of carbonyl (C=O) groups is 1. The molecule has 0 spiro atoms. The molecule has 0 unspecified atom stereocenters. The van der Waals surface area contributed by atoms with Gasteiger partial charge in [0.25, 0.3) is 5.69 Å². The van der Waals surface area contributed by atoms with Crippen molar-refractivity contribution in [2.24, 2.45) is 0 Å². The number of nitrogens with zero attached hydrogens (tertiary/aromatic N) is 1. The van der Waals surface area contributed by atoms with Crippen LogP contribution in [0.4, 0.5) is 21.5 Å². The molecule has 3 rings (SSSR count). The Labute approximate surface area is 135 Å². The molecule has 0 heterocycles. The van der Waals surface area contributed by atoms with E-state index in [-0.39, 0.29) is 22.6 Å². The van der Waals surface area contributed by atoms with Crippen molar-refractivity contribution in [3.8, 4) is 0 Å². The molecule has 0 aliphatic carbocycles. The highest BCUT2D eigenvalue weighted by Gasteiger charge is 2.18. The van der Waals surface area contributed by atoms with Crippen LogP contribution in [-0.4, -0.2) is 16.0 Å². The second-order valence-corrected chi connectivity index (χ2v) is 5.06. The highest BCUT2D eigenvalue weighted by Crippen LogP contribution is 2.32. The van der Waals surface area contributed by atoms with Gasteiger partial charge in [0.2, 0.25) is 0 Å². The number of anilines is 2. The molecule has 0 radical (unpaired) electrons. The van der Waals surface area contributed by atoms with Gasteiger partial charge in [-0.3, -0.25) is 10.1 Å². The van der Waals surface area contributed by atoms with Gasteiger partial charge < -0.3 is 10.4 Å². The first-order valence-electron chi connectivity index (χ1n) is 6.93. The quantitative estimate of drug-likeness (QED) is 0.550. The zero-order valence-corrected chi connectivity index (χ0v) is 12.2. The van der Waals surface area contributed by atoms with E-state index >= 15 is 0 Å². The van der Waals surface area contributed by atoms with Gasteiger partial charge in [0.1, 0.15) is 5.82 Å². The molecule has 7 heteroatoms. The maximum absolute atomic E-state index is 14.2. The molecular weight excluding hydrogens is 315 g/mol. The lowest BCUT2D eigenvalue weighted by Crippen LogP contribution is -2.05. The fourth-order valence-corrected chi connectivity index (χ4v) is 2.44. The van der Waals surface area contributed by atoms with E-state index in [9.17, 15) is 24.4 Å². The number of fused-ring (bicyclic) bond motifs is 1. The monoisotopic (exact) mass is 326 g/mol. The van der Waals surface area contributed by atoms with Crippen LogP contribution in [0, 0.1) is 15.9 Å². The van der Waals surface area contributed by atoms with Crippen molar-refractivity contribution in [1.82, 2.24) is 0 Å². The summed E-state index contributed by atoms with van der Waals surface area (Å²) in [6.45, 7) is 0. The molecule has 3 aromatic rings. The number of halogens is 1. The molecule has 0 amide bonds. The van der Waals surface area contributed by atoms with Crippen molar-refractivity contribution in [3.63, 3.8) is 0 Å². The van der Waals surface area contributed by atoms with Crippen LogP contribution < -0.4 is 5.32 Å². The summed E-state index contributed by atoms with van der Waals surface area (Å²) in [7, 11) is 0. The number of nitro groups is 1. The van der Waals surface area contributed by atoms with Crippen LogP contribution in [0.25, 0.3) is 10.8 Å². The van der Waals surface area contributed by atoms with Crippen LogP contribution in [0.15, 0.2) is 54.6 Å². The summed E-state index contributed by atoms with van der Waals surface area (Å²) in [4.78, 5) is 21.5. The van der Waals surface area contributed by atoms with Gasteiger partial charge in [0.05, 0.1) is 21.9 Å². The number of hydrogen-bond acceptors (Lipinski definition) is 4. The molecule has 0 saturated heterocycles. The maximum atomic E-state index is 14.2. The van der Waals surface area contributed by atoms with Crippen LogP contribution in [0.1, 0.15) is 10.4 Å². The lowest BCUT2D eigenvalue weighted by Gasteiger charge is -2.13. The van der Waals surface area contributed by atoms with Crippen LogP contribution in [-0.2, 0) is 0 Å². The van der Waals surface area contributed by atoms with Crippen LogP contribution in [0.5, 0.6) is 0 Å². The molecule has 0 aromatic heterocycles. The SMILES string of the molecule is O=C(O)c1cc([N+](=O)[O-])ccc1Nc1c(F)ccc2ccccc12. The largest absolute Gasteiger partial charge is 0.478 e. The smallest absolute Gasteiger partial charge is 0.338 e. The fraction of sp³-hybridized carbons (Fsp3) is 0. The highest BCUT2D eigenvalue weighted by atomic mass is 19.1. The van der Waals surface area contributed by atoms with Crippen molar-refractivity contribution in [2.45, 2.75) is 0 Å². The average Bonchev–Trinajstić information content (AvgIpc) is 2.57. The Hall–Kier alpha value is -3.48. The lowest BCUT2D eigenvalue weighted by molar-refractivity contribution is -0.384. The summed E-state index contributed by atoms with van der Waals surface area (Å²) in [5.41, 5.74) is -0.472. The Morgan fingerprint density at radius 1 is 1.12 bits per heavy atom. The number of nitrogens with one attached hydrogen (secondary N) is 1. The lowest BCUT2D eigenvalue weighted by atomic mass is 10.1. The summed E-state index contributed by atoms with van der Waals surface area (Å²) in [5, 5.41) is 24.2. The second-order valence-electron chi connectivity index (χ2n) is 5.06. The third-order valence-electron chi connectivity index (χ3n) is 3.58. The molecule has 0 bridgehead atoms. The van der Waals surface area contributed by atoms with Gasteiger partial charge in [-0.2, -0.15) is 0 Å². The number of nitro benzene ring substituents is 1. The third kappa shape index (κ3) is 2.74. The molecule has 2 N–H and O–H groups in total. The standard InChI is InChI=1S/C17H11FN2O4/c18-14-7-5-10-3-1-2-4-12(10)16(14)19-15-8-6-11(20(23)24)9-13(15)17(21)22/h1-9,19H,(H,21,22). The third-order valence-corrected chi connectivity index (χ3v) is 3.58. The minimum atomic E-state index is -1.35. The van der Waals surface area contributed by atoms with E-state index in [1.807, 2.05) is 0 Å². The van der Waals surface area contributed by atoms with Gasteiger partial charge in [-0.25, -0.2) is 9.18 Å². The normalized spacial score (nSPS) is 10.5. The first-order valence-corrected chi connectivity index (χ1v) is 6.93. The van der Waals surface area contributed by atoms with Crippen LogP contribution in [0.3, 0.4) is 0 Å². The molecule has 0 fully saturated rings. The highest BCUT2D eigenvalue weighted by molar-refractivity contribution is 6.00. The van der Waals surface area contributed by atoms with E-state index in [0.717, 1.165) is 17.5 Å². The summed E-state index contributed by atoms with van der Waals surface area (Å²) >= 11 is 0. The molecule has 24 heavy (non-hydrogen) atoms. The van der Waals surface area contributed by atoms with E-state index in [1.54, 1.807) is 30.3 Å². The summed E-state index contributed by atoms with van der Waals surface area (Å²) in [6, 6.07) is 13.3. The number of hydrogen-bond donors (Lipinski definition) is 2. The van der Waals surface area contributed by atoms with Crippen molar-refractivity contribution < 1.29 is 19.2 Å². The number of rotatable bonds is 4. The molecule has 6 nitrogen and oxygen atoms in total. The van der Waals surface area contributed by atoms with Gasteiger partial charge in [-0.15, -0.1) is 0 Å². The van der Waals surface area contributed by atoms with Crippen molar-refractivity contribution in [1.29, 1.82) is 0 Å². The topological polar surface area (TPSA) is 92.5 Å². The van der Waals surface area contributed by atoms with E-state index in [4.69, 9.17) is 0 Å². The minimum absolute atomic E-state index is 0.0725. The van der Waals surface area contributed by atoms with Crippen LogP contribution in [0.2, 0.25) is 0 Å². The number of aromatic carboxylic acids is 1. The summed E-state index contributed by atoms with van der Waals surface area (Å²) in [6.07, 6.45) is 0. The van der Waals surface area contributed by atoms with E-state index < -0.39 is 16.7 Å². The molecule has 0 saturated carbocycles. The zero-order chi connectivity index (χ0) is 17.3. The van der Waals surface area contributed by atoms with Gasteiger partial charge >= 0.3 is 5.97 Å². The van der Waals surface area contributed by atoms with Gasteiger partial charge in [0, 0.05) is 17.5 Å².